The maximum Gasteiger partial charge on any atom is 0.165 e. The molecule has 1 saturated heterocycles. The van der Waals surface area contributed by atoms with Gasteiger partial charge in [0.25, 0.3) is 0 Å². The van der Waals surface area contributed by atoms with Gasteiger partial charge in [0.05, 0.1) is 12.2 Å². The fraction of sp³-hybridized carbons (Fsp3) is 0.600. The van der Waals surface area contributed by atoms with Crippen molar-refractivity contribution in [2.45, 2.75) is 51.4 Å². The normalized spacial score (nSPS) is 24.4. The van der Waals surface area contributed by atoms with E-state index >= 15 is 0 Å². The molecule has 1 fully saturated rings. The molecule has 1 aromatic carbocycles. The summed E-state index contributed by atoms with van der Waals surface area (Å²) in [7, 11) is 0. The summed E-state index contributed by atoms with van der Waals surface area (Å²) in [6, 6.07) is 5.06. The average molecular weight is 267 g/mol. The monoisotopic (exact) mass is 267 g/mol. The Bertz CT molecular complexity index is 423. The lowest BCUT2D eigenvalue weighted by atomic mass is 10.1. The van der Waals surface area contributed by atoms with Crippen molar-refractivity contribution in [1.29, 1.82) is 0 Å². The fourth-order valence-electron chi connectivity index (χ4n) is 2.35. The minimum Gasteiger partial charge on any atom is -0.488 e. The Morgan fingerprint density at radius 3 is 2.84 bits per heavy atom. The summed E-state index contributed by atoms with van der Waals surface area (Å²) in [6.07, 6.45) is 3.06. The Hall–Kier alpha value is -1.13. The Labute approximate surface area is 113 Å². The van der Waals surface area contributed by atoms with Gasteiger partial charge in [0, 0.05) is 6.04 Å². The smallest absolute Gasteiger partial charge is 0.165 e. The van der Waals surface area contributed by atoms with Crippen LogP contribution in [0.5, 0.6) is 5.75 Å². The predicted octanol–water partition coefficient (Wildman–Crippen LogP) is 2.66. The van der Waals surface area contributed by atoms with E-state index in [0.29, 0.717) is 13.0 Å². The molecule has 3 atom stereocenters. The molecule has 1 aliphatic heterocycles. The van der Waals surface area contributed by atoms with Gasteiger partial charge < -0.3 is 15.2 Å². The van der Waals surface area contributed by atoms with E-state index in [1.165, 1.54) is 6.07 Å². The molecule has 2 rings (SSSR count). The molecule has 1 aliphatic rings. The van der Waals surface area contributed by atoms with E-state index in [1.807, 2.05) is 19.9 Å². The second kappa shape index (κ2) is 6.35. The summed E-state index contributed by atoms with van der Waals surface area (Å²) in [4.78, 5) is 0. The zero-order valence-electron chi connectivity index (χ0n) is 11.6. The molecule has 0 aromatic heterocycles. The maximum absolute atomic E-state index is 13.8. The highest BCUT2D eigenvalue weighted by atomic mass is 19.1. The highest BCUT2D eigenvalue weighted by Crippen LogP contribution is 2.23. The van der Waals surface area contributed by atoms with Gasteiger partial charge >= 0.3 is 0 Å². The Balaban J connectivity index is 1.90. The minimum absolute atomic E-state index is 0.0274. The van der Waals surface area contributed by atoms with E-state index in [1.54, 1.807) is 6.07 Å². The predicted molar refractivity (Wildman–Crippen MR) is 72.8 cm³/mol. The van der Waals surface area contributed by atoms with Crippen LogP contribution in [-0.4, -0.2) is 24.9 Å². The summed E-state index contributed by atoms with van der Waals surface area (Å²) in [5.74, 6) is -0.0410. The van der Waals surface area contributed by atoms with Gasteiger partial charge in [-0.25, -0.2) is 4.39 Å². The first-order chi connectivity index (χ1) is 9.04. The maximum atomic E-state index is 13.8. The van der Waals surface area contributed by atoms with Gasteiger partial charge in [-0.1, -0.05) is 6.07 Å². The molecule has 0 aliphatic carbocycles. The SMILES string of the molecule is CC(N)Cc1ccc(OCC2CCC(C)O2)c(F)c1. The van der Waals surface area contributed by atoms with Crippen molar-refractivity contribution in [2.75, 3.05) is 6.61 Å². The molecule has 4 heteroatoms. The Morgan fingerprint density at radius 2 is 2.26 bits per heavy atom. The van der Waals surface area contributed by atoms with Gasteiger partial charge in [-0.05, 0) is 50.8 Å². The quantitative estimate of drug-likeness (QED) is 0.892. The number of hydrogen-bond acceptors (Lipinski definition) is 3. The Morgan fingerprint density at radius 1 is 1.47 bits per heavy atom. The third-order valence-electron chi connectivity index (χ3n) is 3.30. The molecule has 2 N–H and O–H groups in total. The molecular weight excluding hydrogens is 245 g/mol. The zero-order valence-corrected chi connectivity index (χ0v) is 11.6. The average Bonchev–Trinajstić information content (AvgIpc) is 2.73. The van der Waals surface area contributed by atoms with Crippen LogP contribution >= 0.6 is 0 Å². The van der Waals surface area contributed by atoms with Crippen molar-refractivity contribution in [3.05, 3.63) is 29.6 Å². The molecule has 1 heterocycles. The molecule has 0 bridgehead atoms. The summed E-state index contributed by atoms with van der Waals surface area (Å²) >= 11 is 0. The van der Waals surface area contributed by atoms with Gasteiger partial charge in [0.1, 0.15) is 6.61 Å². The molecule has 19 heavy (non-hydrogen) atoms. The van der Waals surface area contributed by atoms with Crippen LogP contribution in [0.4, 0.5) is 4.39 Å². The summed E-state index contributed by atoms with van der Waals surface area (Å²) in [5, 5.41) is 0. The topological polar surface area (TPSA) is 44.5 Å². The van der Waals surface area contributed by atoms with Gasteiger partial charge in [-0.3, -0.25) is 0 Å². The molecular formula is C15H22FNO2. The highest BCUT2D eigenvalue weighted by Gasteiger charge is 2.22. The largest absolute Gasteiger partial charge is 0.488 e. The lowest BCUT2D eigenvalue weighted by molar-refractivity contribution is 0.0256. The van der Waals surface area contributed by atoms with Gasteiger partial charge in [-0.2, -0.15) is 0 Å². The molecule has 0 spiro atoms. The second-order valence-electron chi connectivity index (χ2n) is 5.40. The van der Waals surface area contributed by atoms with Crippen molar-refractivity contribution < 1.29 is 13.9 Å². The van der Waals surface area contributed by atoms with Crippen LogP contribution < -0.4 is 10.5 Å². The summed E-state index contributed by atoms with van der Waals surface area (Å²) < 4.78 is 25.0. The number of ether oxygens (including phenoxy) is 2. The van der Waals surface area contributed by atoms with E-state index in [0.717, 1.165) is 18.4 Å². The minimum atomic E-state index is -0.329. The van der Waals surface area contributed by atoms with Gasteiger partial charge in [-0.15, -0.1) is 0 Å². The van der Waals surface area contributed by atoms with E-state index in [-0.39, 0.29) is 29.8 Å². The number of rotatable bonds is 5. The number of hydrogen-bond donors (Lipinski definition) is 1. The second-order valence-corrected chi connectivity index (χ2v) is 5.40. The highest BCUT2D eigenvalue weighted by molar-refractivity contribution is 5.29. The van der Waals surface area contributed by atoms with Crippen molar-refractivity contribution in [3.8, 4) is 5.75 Å². The molecule has 0 radical (unpaired) electrons. The third-order valence-corrected chi connectivity index (χ3v) is 3.30. The number of benzene rings is 1. The lowest BCUT2D eigenvalue weighted by Gasteiger charge is -2.14. The van der Waals surface area contributed by atoms with Gasteiger partial charge in [0.15, 0.2) is 11.6 Å². The zero-order chi connectivity index (χ0) is 13.8. The van der Waals surface area contributed by atoms with Crippen molar-refractivity contribution in [2.24, 2.45) is 5.73 Å². The molecule has 0 saturated carbocycles. The number of halogens is 1. The first-order valence-electron chi connectivity index (χ1n) is 6.87. The fourth-order valence-corrected chi connectivity index (χ4v) is 2.35. The van der Waals surface area contributed by atoms with Gasteiger partial charge in [0.2, 0.25) is 0 Å². The van der Waals surface area contributed by atoms with Crippen LogP contribution in [0.1, 0.15) is 32.3 Å². The molecule has 1 aromatic rings. The van der Waals surface area contributed by atoms with E-state index in [2.05, 4.69) is 0 Å². The van der Waals surface area contributed by atoms with Crippen molar-refractivity contribution >= 4 is 0 Å². The van der Waals surface area contributed by atoms with Crippen LogP contribution in [0.3, 0.4) is 0 Å². The van der Waals surface area contributed by atoms with Crippen LogP contribution in [0.25, 0.3) is 0 Å². The number of nitrogens with two attached hydrogens (primary N) is 1. The van der Waals surface area contributed by atoms with Crippen LogP contribution in [-0.2, 0) is 11.2 Å². The third kappa shape index (κ3) is 4.18. The summed E-state index contributed by atoms with van der Waals surface area (Å²) in [6.45, 7) is 4.36. The van der Waals surface area contributed by atoms with Crippen LogP contribution in [0.15, 0.2) is 18.2 Å². The molecule has 0 amide bonds. The van der Waals surface area contributed by atoms with E-state index in [9.17, 15) is 4.39 Å². The molecule has 3 nitrogen and oxygen atoms in total. The van der Waals surface area contributed by atoms with E-state index in [4.69, 9.17) is 15.2 Å². The molecule has 3 unspecified atom stereocenters. The van der Waals surface area contributed by atoms with Crippen LogP contribution in [0.2, 0.25) is 0 Å². The van der Waals surface area contributed by atoms with Crippen molar-refractivity contribution in [1.82, 2.24) is 0 Å². The standard InChI is InChI=1S/C15H22FNO2/c1-10(17)7-12-4-6-15(14(16)8-12)18-9-13-5-3-11(2)19-13/h4,6,8,10-11,13H,3,5,7,9,17H2,1-2H3. The Kier molecular flexibility index (Phi) is 4.77. The van der Waals surface area contributed by atoms with Crippen molar-refractivity contribution in [3.63, 3.8) is 0 Å². The van der Waals surface area contributed by atoms with Crippen LogP contribution in [0, 0.1) is 5.82 Å². The molecule has 106 valence electrons. The lowest BCUT2D eigenvalue weighted by Crippen LogP contribution is -2.19. The first kappa shape index (κ1) is 14.3. The summed E-state index contributed by atoms with van der Waals surface area (Å²) in [5.41, 5.74) is 6.59. The first-order valence-corrected chi connectivity index (χ1v) is 6.87. The van der Waals surface area contributed by atoms with E-state index < -0.39 is 0 Å².